The van der Waals surface area contributed by atoms with Gasteiger partial charge in [-0.25, -0.2) is 0 Å². The molecule has 0 saturated heterocycles. The van der Waals surface area contributed by atoms with E-state index in [1.165, 1.54) is 0 Å². The normalized spacial score (nSPS) is 14.2. The van der Waals surface area contributed by atoms with Crippen molar-refractivity contribution < 1.29 is 0 Å². The van der Waals surface area contributed by atoms with Crippen LogP contribution in [-0.2, 0) is 0 Å². The van der Waals surface area contributed by atoms with E-state index in [9.17, 15) is 0 Å². The van der Waals surface area contributed by atoms with E-state index in [0.29, 0.717) is 5.92 Å². The lowest BCUT2D eigenvalue weighted by atomic mass is 9.85. The largest absolute Gasteiger partial charge is 0.309 e. The number of nitrogens with one attached hydrogen (secondary N) is 1. The molecule has 1 unspecified atom stereocenters. The van der Waals surface area contributed by atoms with Gasteiger partial charge in [0.15, 0.2) is 0 Å². The first-order valence-corrected chi connectivity index (χ1v) is 4.08. The van der Waals surface area contributed by atoms with Crippen LogP contribution < -0.4 is 0 Å². The molecule has 0 bridgehead atoms. The summed E-state index contributed by atoms with van der Waals surface area (Å²) in [6.07, 6.45) is 2.74. The lowest BCUT2D eigenvalue weighted by Gasteiger charge is -2.21. The first kappa shape index (κ1) is 10.4. The van der Waals surface area contributed by atoms with Crippen molar-refractivity contribution >= 4 is 5.71 Å². The minimum Gasteiger partial charge on any atom is -0.309 e. The summed E-state index contributed by atoms with van der Waals surface area (Å²) in [6, 6.07) is 0. The highest BCUT2D eigenvalue weighted by atomic mass is 14.5. The van der Waals surface area contributed by atoms with Gasteiger partial charge in [-0.05, 0) is 17.8 Å². The van der Waals surface area contributed by atoms with E-state index in [4.69, 9.17) is 5.41 Å². The van der Waals surface area contributed by atoms with E-state index in [1.807, 2.05) is 6.08 Å². The molecule has 1 N–H and O–H groups in total. The fourth-order valence-electron chi connectivity index (χ4n) is 0.711. The minimum atomic E-state index is 0.0251. The first-order valence-electron chi connectivity index (χ1n) is 4.08. The summed E-state index contributed by atoms with van der Waals surface area (Å²) in [4.78, 5) is 0. The maximum Gasteiger partial charge on any atom is 0.0148 e. The van der Waals surface area contributed by atoms with Crippen LogP contribution in [0.15, 0.2) is 12.7 Å². The molecule has 0 aromatic carbocycles. The molecule has 1 atom stereocenters. The Balaban J connectivity index is 3.98. The topological polar surface area (TPSA) is 23.9 Å². The van der Waals surface area contributed by atoms with Crippen LogP contribution in [0.4, 0.5) is 0 Å². The molecule has 1 heteroatoms. The number of hydrogen-bond acceptors (Lipinski definition) is 1. The second-order valence-corrected chi connectivity index (χ2v) is 4.15. The molecular weight excluding hydrogens is 134 g/mol. The van der Waals surface area contributed by atoms with E-state index in [2.05, 4.69) is 34.3 Å². The Kier molecular flexibility index (Phi) is 3.50. The second kappa shape index (κ2) is 3.70. The van der Waals surface area contributed by atoms with Crippen molar-refractivity contribution in [1.82, 2.24) is 0 Å². The van der Waals surface area contributed by atoms with Crippen molar-refractivity contribution in [2.45, 2.75) is 34.1 Å². The number of hydrogen-bond donors (Lipinski definition) is 1. The number of allylic oxidation sites excluding steroid dienone is 1. The Morgan fingerprint density at radius 2 is 2.00 bits per heavy atom. The van der Waals surface area contributed by atoms with Crippen LogP contribution >= 0.6 is 0 Å². The molecule has 0 aromatic heterocycles. The molecule has 0 rings (SSSR count). The lowest BCUT2D eigenvalue weighted by molar-refractivity contribution is 0.558. The molecule has 0 spiro atoms. The van der Waals surface area contributed by atoms with Gasteiger partial charge >= 0.3 is 0 Å². The Hall–Kier alpha value is -0.590. The molecule has 0 aliphatic heterocycles. The zero-order valence-electron chi connectivity index (χ0n) is 8.07. The second-order valence-electron chi connectivity index (χ2n) is 4.15. The average Bonchev–Trinajstić information content (AvgIpc) is 1.85. The quantitative estimate of drug-likeness (QED) is 0.475. The van der Waals surface area contributed by atoms with Crippen molar-refractivity contribution in [3.8, 4) is 0 Å². The van der Waals surface area contributed by atoms with Crippen LogP contribution in [0.25, 0.3) is 0 Å². The highest BCUT2D eigenvalue weighted by Gasteiger charge is 2.17. The fraction of sp³-hybridized carbons (Fsp3) is 0.700. The summed E-state index contributed by atoms with van der Waals surface area (Å²) in [7, 11) is 0. The Morgan fingerprint density at radius 3 is 2.27 bits per heavy atom. The third kappa shape index (κ3) is 3.97. The SMILES string of the molecule is C=CC(C)CC(=N)C(C)(C)C. The number of rotatable bonds is 3. The summed E-state index contributed by atoms with van der Waals surface area (Å²) < 4.78 is 0. The summed E-state index contributed by atoms with van der Waals surface area (Å²) in [6.45, 7) is 12.0. The first-order chi connectivity index (χ1) is 4.88. The third-order valence-electron chi connectivity index (χ3n) is 1.83. The van der Waals surface area contributed by atoms with Gasteiger partial charge in [0.25, 0.3) is 0 Å². The zero-order valence-corrected chi connectivity index (χ0v) is 8.07. The van der Waals surface area contributed by atoms with Gasteiger partial charge in [0, 0.05) is 5.71 Å². The van der Waals surface area contributed by atoms with Crippen LogP contribution in [0.3, 0.4) is 0 Å². The van der Waals surface area contributed by atoms with Crippen LogP contribution in [0.1, 0.15) is 34.1 Å². The summed E-state index contributed by atoms with van der Waals surface area (Å²) in [5.41, 5.74) is 0.835. The maximum absolute atomic E-state index is 7.73. The summed E-state index contributed by atoms with van der Waals surface area (Å²) in [5.74, 6) is 0.432. The molecule has 0 radical (unpaired) electrons. The monoisotopic (exact) mass is 153 g/mol. The van der Waals surface area contributed by atoms with E-state index in [-0.39, 0.29) is 5.41 Å². The molecule has 0 amide bonds. The van der Waals surface area contributed by atoms with Gasteiger partial charge in [0.1, 0.15) is 0 Å². The van der Waals surface area contributed by atoms with Crippen LogP contribution in [0.2, 0.25) is 0 Å². The Bertz CT molecular complexity index is 151. The van der Waals surface area contributed by atoms with E-state index >= 15 is 0 Å². The van der Waals surface area contributed by atoms with Crippen molar-refractivity contribution in [3.63, 3.8) is 0 Å². The highest BCUT2D eigenvalue weighted by molar-refractivity contribution is 5.86. The Labute approximate surface area is 70.0 Å². The molecule has 0 saturated carbocycles. The minimum absolute atomic E-state index is 0.0251. The van der Waals surface area contributed by atoms with Crippen molar-refractivity contribution in [1.29, 1.82) is 5.41 Å². The highest BCUT2D eigenvalue weighted by Crippen LogP contribution is 2.20. The Morgan fingerprint density at radius 1 is 1.55 bits per heavy atom. The van der Waals surface area contributed by atoms with Gasteiger partial charge in [-0.15, -0.1) is 6.58 Å². The molecule has 0 aliphatic carbocycles. The molecule has 0 fully saturated rings. The third-order valence-corrected chi connectivity index (χ3v) is 1.83. The molecule has 0 aliphatic rings. The van der Waals surface area contributed by atoms with Gasteiger partial charge in [-0.2, -0.15) is 0 Å². The average molecular weight is 153 g/mol. The molecule has 64 valence electrons. The van der Waals surface area contributed by atoms with Crippen LogP contribution in [0, 0.1) is 16.7 Å². The van der Waals surface area contributed by atoms with E-state index < -0.39 is 0 Å². The van der Waals surface area contributed by atoms with Crippen molar-refractivity contribution in [3.05, 3.63) is 12.7 Å². The molecule has 0 heterocycles. The summed E-state index contributed by atoms with van der Waals surface area (Å²) >= 11 is 0. The predicted molar refractivity (Wildman–Crippen MR) is 51.2 cm³/mol. The molecule has 1 nitrogen and oxygen atoms in total. The van der Waals surface area contributed by atoms with E-state index in [0.717, 1.165) is 12.1 Å². The van der Waals surface area contributed by atoms with Gasteiger partial charge in [-0.1, -0.05) is 33.8 Å². The lowest BCUT2D eigenvalue weighted by Crippen LogP contribution is -2.20. The maximum atomic E-state index is 7.73. The van der Waals surface area contributed by atoms with E-state index in [1.54, 1.807) is 0 Å². The van der Waals surface area contributed by atoms with Crippen LogP contribution in [-0.4, -0.2) is 5.71 Å². The van der Waals surface area contributed by atoms with Gasteiger partial charge in [0.05, 0.1) is 0 Å². The standard InChI is InChI=1S/C10H19N/c1-6-8(2)7-9(11)10(3,4)5/h6,8,11H,1,7H2,2-5H3. The van der Waals surface area contributed by atoms with Crippen LogP contribution in [0.5, 0.6) is 0 Å². The van der Waals surface area contributed by atoms with Crippen molar-refractivity contribution in [2.75, 3.05) is 0 Å². The molecule has 0 aromatic rings. The van der Waals surface area contributed by atoms with Crippen molar-refractivity contribution in [2.24, 2.45) is 11.3 Å². The summed E-state index contributed by atoms with van der Waals surface area (Å²) in [5, 5.41) is 7.73. The van der Waals surface area contributed by atoms with Gasteiger partial charge in [-0.3, -0.25) is 0 Å². The predicted octanol–water partition coefficient (Wildman–Crippen LogP) is 3.26. The zero-order chi connectivity index (χ0) is 9.07. The molecule has 11 heavy (non-hydrogen) atoms. The molecular formula is C10H19N. The smallest absolute Gasteiger partial charge is 0.0148 e. The fourth-order valence-corrected chi connectivity index (χ4v) is 0.711. The van der Waals surface area contributed by atoms with Gasteiger partial charge < -0.3 is 5.41 Å². The van der Waals surface area contributed by atoms with Gasteiger partial charge in [0.2, 0.25) is 0 Å².